The molecule has 7 heteroatoms. The van der Waals surface area contributed by atoms with E-state index in [2.05, 4.69) is 10.6 Å². The van der Waals surface area contributed by atoms with Crippen molar-refractivity contribution in [1.82, 2.24) is 5.32 Å². The largest absolute Gasteiger partial charge is 0.362 e. The van der Waals surface area contributed by atoms with Crippen molar-refractivity contribution < 1.29 is 4.79 Å². The maximum atomic E-state index is 12.4. The fourth-order valence-corrected chi connectivity index (χ4v) is 2.69. The molecule has 128 valence electrons. The Morgan fingerprint density at radius 1 is 1.08 bits per heavy atom. The van der Waals surface area contributed by atoms with Crippen LogP contribution < -0.4 is 10.6 Å². The van der Waals surface area contributed by atoms with Crippen molar-refractivity contribution >= 4 is 58.0 Å². The van der Waals surface area contributed by atoms with E-state index in [1.807, 2.05) is 32.0 Å². The van der Waals surface area contributed by atoms with E-state index in [0.717, 1.165) is 16.8 Å². The van der Waals surface area contributed by atoms with Crippen LogP contribution in [0.25, 0.3) is 0 Å². The Morgan fingerprint density at radius 2 is 1.79 bits per heavy atom. The third-order valence-corrected chi connectivity index (χ3v) is 4.26. The number of anilines is 1. The fourth-order valence-electron chi connectivity index (χ4n) is 2.17. The Kier molecular flexibility index (Phi) is 6.27. The minimum atomic E-state index is -1.74. The molecule has 0 aliphatic heterocycles. The second-order valence-electron chi connectivity index (χ2n) is 5.42. The number of benzene rings is 2. The number of amides is 1. The van der Waals surface area contributed by atoms with Gasteiger partial charge < -0.3 is 10.6 Å². The summed E-state index contributed by atoms with van der Waals surface area (Å²) in [4.78, 5) is 12.4. The minimum absolute atomic E-state index is 0.379. The molecule has 1 amide bonds. The molecule has 24 heavy (non-hydrogen) atoms. The van der Waals surface area contributed by atoms with Gasteiger partial charge in [-0.05, 0) is 43.7 Å². The average Bonchev–Trinajstić information content (AvgIpc) is 2.48. The van der Waals surface area contributed by atoms with Crippen molar-refractivity contribution in [3.05, 3.63) is 64.2 Å². The first-order valence-corrected chi connectivity index (χ1v) is 8.65. The highest BCUT2D eigenvalue weighted by atomic mass is 35.6. The maximum Gasteiger partial charge on any atom is 0.253 e. The van der Waals surface area contributed by atoms with Crippen molar-refractivity contribution in [2.45, 2.75) is 23.8 Å². The molecule has 0 heterocycles. The topological polar surface area (TPSA) is 41.1 Å². The highest BCUT2D eigenvalue weighted by molar-refractivity contribution is 6.68. The van der Waals surface area contributed by atoms with Gasteiger partial charge in [-0.3, -0.25) is 4.79 Å². The van der Waals surface area contributed by atoms with E-state index in [4.69, 9.17) is 46.4 Å². The second kappa shape index (κ2) is 7.83. The molecule has 0 unspecified atom stereocenters. The number of rotatable bonds is 4. The van der Waals surface area contributed by atoms with Crippen LogP contribution in [0.2, 0.25) is 5.02 Å². The van der Waals surface area contributed by atoms with Crippen LogP contribution in [0.15, 0.2) is 42.5 Å². The molecule has 0 radical (unpaired) electrons. The standard InChI is InChI=1S/C17H16Cl4N2O/c1-10-6-7-14(11(2)8-10)22-16(17(19,20)21)23-15(24)12-4-3-5-13(18)9-12/h3-9,16,22H,1-2H3,(H,23,24)/t16-/m0/s1. The van der Waals surface area contributed by atoms with Crippen LogP contribution in [0.4, 0.5) is 5.69 Å². The molecule has 0 aliphatic carbocycles. The van der Waals surface area contributed by atoms with Gasteiger partial charge in [-0.2, -0.15) is 0 Å². The molecule has 2 aromatic carbocycles. The molecule has 3 nitrogen and oxygen atoms in total. The van der Waals surface area contributed by atoms with E-state index in [1.54, 1.807) is 24.3 Å². The molecule has 2 N–H and O–H groups in total. The fraction of sp³-hybridized carbons (Fsp3) is 0.235. The van der Waals surface area contributed by atoms with E-state index >= 15 is 0 Å². The number of carbonyl (C=O) groups excluding carboxylic acids is 1. The van der Waals surface area contributed by atoms with Crippen LogP contribution >= 0.6 is 46.4 Å². The monoisotopic (exact) mass is 404 g/mol. The highest BCUT2D eigenvalue weighted by Gasteiger charge is 2.34. The highest BCUT2D eigenvalue weighted by Crippen LogP contribution is 2.32. The lowest BCUT2D eigenvalue weighted by atomic mass is 10.1. The van der Waals surface area contributed by atoms with Crippen molar-refractivity contribution in [1.29, 1.82) is 0 Å². The lowest BCUT2D eigenvalue weighted by Crippen LogP contribution is -2.49. The lowest BCUT2D eigenvalue weighted by molar-refractivity contribution is 0.0942. The summed E-state index contributed by atoms with van der Waals surface area (Å²) in [5, 5.41) is 6.21. The Hall–Kier alpha value is -1.13. The second-order valence-corrected chi connectivity index (χ2v) is 8.23. The lowest BCUT2D eigenvalue weighted by Gasteiger charge is -2.28. The van der Waals surface area contributed by atoms with Gasteiger partial charge in [0.25, 0.3) is 5.91 Å². The van der Waals surface area contributed by atoms with Crippen molar-refractivity contribution in [2.24, 2.45) is 0 Å². The average molecular weight is 406 g/mol. The predicted octanol–water partition coefficient (Wildman–Crippen LogP) is 5.50. The molecule has 0 aliphatic rings. The summed E-state index contributed by atoms with van der Waals surface area (Å²) in [6, 6.07) is 12.3. The van der Waals surface area contributed by atoms with Crippen LogP contribution in [0.1, 0.15) is 21.5 Å². The van der Waals surface area contributed by atoms with Crippen LogP contribution in [0.5, 0.6) is 0 Å². The quantitative estimate of drug-likeness (QED) is 0.521. The third-order valence-electron chi connectivity index (χ3n) is 3.37. The van der Waals surface area contributed by atoms with Crippen LogP contribution in [-0.2, 0) is 0 Å². The van der Waals surface area contributed by atoms with Gasteiger partial charge in [0.2, 0.25) is 3.79 Å². The van der Waals surface area contributed by atoms with E-state index in [-0.39, 0.29) is 0 Å². The Labute approximate surface area is 161 Å². The number of halogens is 4. The molecule has 0 spiro atoms. The number of nitrogens with one attached hydrogen (secondary N) is 2. The molecule has 0 saturated carbocycles. The van der Waals surface area contributed by atoms with Crippen molar-refractivity contribution in [3.63, 3.8) is 0 Å². The molecule has 0 fully saturated rings. The zero-order chi connectivity index (χ0) is 17.9. The van der Waals surface area contributed by atoms with Gasteiger partial charge in [-0.1, -0.05) is 70.2 Å². The summed E-state index contributed by atoms with van der Waals surface area (Å²) >= 11 is 24.0. The van der Waals surface area contributed by atoms with Gasteiger partial charge in [0.05, 0.1) is 0 Å². The molecule has 2 aromatic rings. The van der Waals surface area contributed by atoms with Crippen LogP contribution in [-0.4, -0.2) is 15.9 Å². The Balaban J connectivity index is 2.21. The summed E-state index contributed by atoms with van der Waals surface area (Å²) < 4.78 is -1.74. The Morgan fingerprint density at radius 3 is 2.38 bits per heavy atom. The molecule has 0 saturated heterocycles. The first kappa shape index (κ1) is 19.2. The van der Waals surface area contributed by atoms with Gasteiger partial charge in [-0.25, -0.2) is 0 Å². The van der Waals surface area contributed by atoms with E-state index in [9.17, 15) is 4.79 Å². The molecule has 0 aromatic heterocycles. The number of hydrogen-bond donors (Lipinski definition) is 2. The van der Waals surface area contributed by atoms with Crippen LogP contribution in [0, 0.1) is 13.8 Å². The summed E-state index contributed by atoms with van der Waals surface area (Å²) in [6.07, 6.45) is -0.921. The summed E-state index contributed by atoms with van der Waals surface area (Å²) in [7, 11) is 0. The maximum absolute atomic E-state index is 12.4. The number of hydrogen-bond acceptors (Lipinski definition) is 2. The number of aryl methyl sites for hydroxylation is 2. The molecule has 2 rings (SSSR count). The molecular formula is C17H16Cl4N2O. The first-order chi connectivity index (χ1) is 11.2. The predicted molar refractivity (Wildman–Crippen MR) is 103 cm³/mol. The summed E-state index contributed by atoms with van der Waals surface area (Å²) in [5.74, 6) is -0.397. The number of alkyl halides is 3. The normalized spacial score (nSPS) is 12.6. The van der Waals surface area contributed by atoms with Gasteiger partial charge in [0, 0.05) is 16.3 Å². The van der Waals surface area contributed by atoms with Crippen molar-refractivity contribution in [3.8, 4) is 0 Å². The smallest absolute Gasteiger partial charge is 0.253 e. The van der Waals surface area contributed by atoms with Gasteiger partial charge in [0.1, 0.15) is 6.17 Å². The van der Waals surface area contributed by atoms with Gasteiger partial charge in [0.15, 0.2) is 0 Å². The van der Waals surface area contributed by atoms with Gasteiger partial charge in [-0.15, -0.1) is 0 Å². The SMILES string of the molecule is Cc1ccc(N[C@@H](NC(=O)c2cccc(Cl)c2)C(Cl)(Cl)Cl)c(C)c1. The minimum Gasteiger partial charge on any atom is -0.362 e. The summed E-state index contributed by atoms with van der Waals surface area (Å²) in [6.45, 7) is 3.92. The molecule has 1 atom stereocenters. The van der Waals surface area contributed by atoms with Crippen LogP contribution in [0.3, 0.4) is 0 Å². The Bertz CT molecular complexity index is 744. The summed E-state index contributed by atoms with van der Waals surface area (Å²) in [5.41, 5.74) is 3.24. The first-order valence-electron chi connectivity index (χ1n) is 7.14. The van der Waals surface area contributed by atoms with E-state index in [1.165, 1.54) is 0 Å². The van der Waals surface area contributed by atoms with E-state index in [0.29, 0.717) is 10.6 Å². The number of carbonyl (C=O) groups is 1. The molecular weight excluding hydrogens is 390 g/mol. The van der Waals surface area contributed by atoms with Gasteiger partial charge >= 0.3 is 0 Å². The zero-order valence-corrected chi connectivity index (χ0v) is 16.1. The zero-order valence-electron chi connectivity index (χ0n) is 13.0. The van der Waals surface area contributed by atoms with Crippen molar-refractivity contribution in [2.75, 3.05) is 5.32 Å². The third kappa shape index (κ3) is 5.18. The van der Waals surface area contributed by atoms with E-state index < -0.39 is 15.9 Å². The molecule has 0 bridgehead atoms.